The summed E-state index contributed by atoms with van der Waals surface area (Å²) >= 11 is 0. The van der Waals surface area contributed by atoms with Gasteiger partial charge in [-0.1, -0.05) is 19.1 Å². The van der Waals surface area contributed by atoms with Crippen molar-refractivity contribution in [2.24, 2.45) is 5.92 Å². The Hall–Kier alpha value is -1.87. The number of carbonyl (C=O) groups excluding carboxylic acids is 1. The van der Waals surface area contributed by atoms with Crippen molar-refractivity contribution < 1.29 is 13.2 Å². The van der Waals surface area contributed by atoms with Crippen molar-refractivity contribution in [2.75, 3.05) is 6.54 Å². The molecule has 1 aliphatic rings. The molecule has 94 valence electrons. The molecule has 1 aromatic rings. The maximum atomic E-state index is 12.2. The Bertz CT molecular complexity index is 631. The zero-order valence-corrected chi connectivity index (χ0v) is 10.6. The summed E-state index contributed by atoms with van der Waals surface area (Å²) < 4.78 is 25.2. The predicted molar refractivity (Wildman–Crippen MR) is 64.1 cm³/mol. The Labute approximate surface area is 106 Å². The van der Waals surface area contributed by atoms with E-state index in [0.717, 1.165) is 4.31 Å². The number of nitriles is 1. The number of hydrogen-bond donors (Lipinski definition) is 0. The number of fused-ring (bicyclic) bond motifs is 1. The van der Waals surface area contributed by atoms with E-state index in [0.29, 0.717) is 0 Å². The Morgan fingerprint density at radius 3 is 2.67 bits per heavy atom. The summed E-state index contributed by atoms with van der Waals surface area (Å²) in [6, 6.07) is 8.13. The largest absolute Gasteiger partial charge is 0.269 e. The van der Waals surface area contributed by atoms with E-state index in [-0.39, 0.29) is 29.3 Å². The number of hydrogen-bond acceptors (Lipinski definition) is 4. The molecule has 1 aliphatic heterocycles. The first kappa shape index (κ1) is 12.6. The zero-order chi connectivity index (χ0) is 13.3. The highest BCUT2D eigenvalue weighted by molar-refractivity contribution is 7.90. The van der Waals surface area contributed by atoms with Crippen LogP contribution < -0.4 is 0 Å². The van der Waals surface area contributed by atoms with Crippen LogP contribution >= 0.6 is 0 Å². The summed E-state index contributed by atoms with van der Waals surface area (Å²) in [6.07, 6.45) is 0.218. The third-order valence-electron chi connectivity index (χ3n) is 2.83. The van der Waals surface area contributed by atoms with Crippen LogP contribution in [0.1, 0.15) is 23.7 Å². The molecular formula is C12H12N2O3S. The third kappa shape index (κ3) is 1.87. The van der Waals surface area contributed by atoms with Crippen molar-refractivity contribution in [1.82, 2.24) is 4.31 Å². The number of amides is 1. The van der Waals surface area contributed by atoms with Crippen LogP contribution in [0, 0.1) is 17.2 Å². The van der Waals surface area contributed by atoms with Gasteiger partial charge in [0.25, 0.3) is 15.9 Å². The topological polar surface area (TPSA) is 78.2 Å². The lowest BCUT2D eigenvalue weighted by Gasteiger charge is -2.18. The Kier molecular flexibility index (Phi) is 3.09. The van der Waals surface area contributed by atoms with Gasteiger partial charge in [-0.15, -0.1) is 0 Å². The minimum atomic E-state index is -3.73. The van der Waals surface area contributed by atoms with Gasteiger partial charge in [-0.25, -0.2) is 12.7 Å². The lowest BCUT2D eigenvalue weighted by Crippen LogP contribution is -2.33. The van der Waals surface area contributed by atoms with Crippen LogP contribution in [0.5, 0.6) is 0 Å². The van der Waals surface area contributed by atoms with Gasteiger partial charge in [-0.05, 0) is 18.1 Å². The summed E-state index contributed by atoms with van der Waals surface area (Å²) in [5.41, 5.74) is 0.210. The van der Waals surface area contributed by atoms with Gasteiger partial charge in [-0.3, -0.25) is 4.79 Å². The number of nitrogens with zero attached hydrogens (tertiary/aromatic N) is 2. The van der Waals surface area contributed by atoms with Crippen molar-refractivity contribution in [3.8, 4) is 6.07 Å². The maximum Gasteiger partial charge on any atom is 0.269 e. The molecule has 1 amide bonds. The minimum Gasteiger partial charge on any atom is -0.268 e. The lowest BCUT2D eigenvalue weighted by atomic mass is 10.1. The molecule has 2 rings (SSSR count). The first-order valence-corrected chi connectivity index (χ1v) is 6.95. The average Bonchev–Trinajstić information content (AvgIpc) is 2.52. The van der Waals surface area contributed by atoms with E-state index in [9.17, 15) is 13.2 Å². The molecule has 0 bridgehead atoms. The summed E-state index contributed by atoms with van der Waals surface area (Å²) in [5.74, 6) is -0.682. The molecular weight excluding hydrogens is 252 g/mol. The monoisotopic (exact) mass is 264 g/mol. The van der Waals surface area contributed by atoms with Crippen LogP contribution in [0.4, 0.5) is 0 Å². The molecule has 0 aliphatic carbocycles. The Morgan fingerprint density at radius 2 is 2.06 bits per heavy atom. The van der Waals surface area contributed by atoms with Crippen LogP contribution in [0.2, 0.25) is 0 Å². The average molecular weight is 264 g/mol. The van der Waals surface area contributed by atoms with Crippen LogP contribution in [-0.4, -0.2) is 25.2 Å². The number of sulfonamides is 1. The van der Waals surface area contributed by atoms with E-state index in [2.05, 4.69) is 0 Å². The van der Waals surface area contributed by atoms with Gasteiger partial charge >= 0.3 is 0 Å². The van der Waals surface area contributed by atoms with E-state index in [4.69, 9.17) is 5.26 Å². The molecule has 5 nitrogen and oxygen atoms in total. The summed E-state index contributed by atoms with van der Waals surface area (Å²) in [5, 5.41) is 8.58. The van der Waals surface area contributed by atoms with Crippen LogP contribution in [-0.2, 0) is 10.0 Å². The second-order valence-corrected chi connectivity index (χ2v) is 6.14. The molecule has 1 heterocycles. The highest BCUT2D eigenvalue weighted by atomic mass is 32.2. The first-order valence-electron chi connectivity index (χ1n) is 5.51. The normalized spacial score (nSPS) is 18.2. The summed E-state index contributed by atoms with van der Waals surface area (Å²) in [6.45, 7) is 1.79. The minimum absolute atomic E-state index is 0.0450. The van der Waals surface area contributed by atoms with Gasteiger partial charge in [-0.2, -0.15) is 5.26 Å². The standard InChI is InChI=1S/C12H12N2O3S/c1-9(6-7-13)8-14-12(15)10-4-2-3-5-11(10)18(14,16)17/h2-5,9H,6,8H2,1H3. The van der Waals surface area contributed by atoms with E-state index in [1.54, 1.807) is 19.1 Å². The smallest absolute Gasteiger partial charge is 0.268 e. The van der Waals surface area contributed by atoms with E-state index in [1.807, 2.05) is 6.07 Å². The first-order chi connectivity index (χ1) is 8.48. The Morgan fingerprint density at radius 1 is 1.39 bits per heavy atom. The van der Waals surface area contributed by atoms with Crippen LogP contribution in [0.25, 0.3) is 0 Å². The molecule has 0 aromatic heterocycles. The fourth-order valence-electron chi connectivity index (χ4n) is 1.91. The van der Waals surface area contributed by atoms with Crippen molar-refractivity contribution in [2.45, 2.75) is 18.2 Å². The number of carbonyl (C=O) groups is 1. The third-order valence-corrected chi connectivity index (χ3v) is 4.64. The van der Waals surface area contributed by atoms with Gasteiger partial charge in [0.1, 0.15) is 4.90 Å². The van der Waals surface area contributed by atoms with Crippen molar-refractivity contribution in [1.29, 1.82) is 5.26 Å². The van der Waals surface area contributed by atoms with Gasteiger partial charge in [0.05, 0.1) is 11.6 Å². The molecule has 18 heavy (non-hydrogen) atoms. The molecule has 0 fully saturated rings. The van der Waals surface area contributed by atoms with Gasteiger partial charge < -0.3 is 0 Å². The van der Waals surface area contributed by atoms with Crippen molar-refractivity contribution in [3.63, 3.8) is 0 Å². The molecule has 0 N–H and O–H groups in total. The molecule has 1 unspecified atom stereocenters. The SMILES string of the molecule is CC(CC#N)CN1C(=O)c2ccccc2S1(=O)=O. The zero-order valence-electron chi connectivity index (χ0n) is 9.83. The van der Waals surface area contributed by atoms with Crippen molar-refractivity contribution >= 4 is 15.9 Å². The second-order valence-electron chi connectivity index (χ2n) is 4.30. The highest BCUT2D eigenvalue weighted by Gasteiger charge is 2.41. The van der Waals surface area contributed by atoms with Gasteiger partial charge in [0.15, 0.2) is 0 Å². The van der Waals surface area contributed by atoms with Gasteiger partial charge in [0.2, 0.25) is 0 Å². The molecule has 0 radical (unpaired) electrons. The maximum absolute atomic E-state index is 12.2. The molecule has 0 saturated heterocycles. The lowest BCUT2D eigenvalue weighted by molar-refractivity contribution is 0.0859. The predicted octanol–water partition coefficient (Wildman–Crippen LogP) is 1.38. The molecule has 1 atom stereocenters. The van der Waals surface area contributed by atoms with E-state index in [1.165, 1.54) is 12.1 Å². The second kappa shape index (κ2) is 4.42. The summed E-state index contributed by atoms with van der Waals surface area (Å²) in [7, 11) is -3.73. The van der Waals surface area contributed by atoms with Crippen LogP contribution in [0.15, 0.2) is 29.2 Å². The van der Waals surface area contributed by atoms with Crippen molar-refractivity contribution in [3.05, 3.63) is 29.8 Å². The Balaban J connectivity index is 2.37. The van der Waals surface area contributed by atoms with E-state index >= 15 is 0 Å². The molecule has 0 saturated carbocycles. The van der Waals surface area contributed by atoms with Gasteiger partial charge in [0, 0.05) is 13.0 Å². The molecule has 0 spiro atoms. The number of rotatable bonds is 3. The van der Waals surface area contributed by atoms with Crippen LogP contribution in [0.3, 0.4) is 0 Å². The fraction of sp³-hybridized carbons (Fsp3) is 0.333. The quantitative estimate of drug-likeness (QED) is 0.826. The van der Waals surface area contributed by atoms with E-state index < -0.39 is 15.9 Å². The molecule has 1 aromatic carbocycles. The summed E-state index contributed by atoms with van der Waals surface area (Å²) in [4.78, 5) is 12.1. The molecule has 6 heteroatoms. The number of benzene rings is 1. The highest BCUT2D eigenvalue weighted by Crippen LogP contribution is 2.30. The fourth-order valence-corrected chi connectivity index (χ4v) is 3.60.